The third kappa shape index (κ3) is 5.00. The summed E-state index contributed by atoms with van der Waals surface area (Å²) in [5.41, 5.74) is 5.52. The molecule has 1 saturated heterocycles. The fourth-order valence-electron chi connectivity index (χ4n) is 2.30. The summed E-state index contributed by atoms with van der Waals surface area (Å²) in [5.74, 6) is -1.02. The third-order valence-corrected chi connectivity index (χ3v) is 3.53. The Balaban J connectivity index is 1.90. The van der Waals surface area contributed by atoms with Crippen LogP contribution in [-0.2, 0) is 11.3 Å². The van der Waals surface area contributed by atoms with Gasteiger partial charge in [0.1, 0.15) is 0 Å². The van der Waals surface area contributed by atoms with Crippen LogP contribution in [0.1, 0.15) is 12.0 Å². The summed E-state index contributed by atoms with van der Waals surface area (Å²) in [6.45, 7) is -0.884. The van der Waals surface area contributed by atoms with Gasteiger partial charge in [0.05, 0.1) is 5.92 Å². The first-order chi connectivity index (χ1) is 11.3. The smallest absolute Gasteiger partial charge is 0.422 e. The Hall–Kier alpha value is -2.52. The predicted molar refractivity (Wildman–Crippen MR) is 76.9 cm³/mol. The van der Waals surface area contributed by atoms with E-state index in [4.69, 9.17) is 5.73 Å². The number of urea groups is 1. The Morgan fingerprint density at radius 2 is 2.21 bits per heavy atom. The molecule has 132 valence electrons. The number of carbonyl (C=O) groups excluding carboxylic acids is 2. The second kappa shape index (κ2) is 7.37. The number of alkyl halides is 3. The summed E-state index contributed by atoms with van der Waals surface area (Å²) in [7, 11) is 0. The summed E-state index contributed by atoms with van der Waals surface area (Å²) in [6, 6.07) is 2.61. The maximum absolute atomic E-state index is 12.2. The highest BCUT2D eigenvalue weighted by Crippen LogP contribution is 2.20. The van der Waals surface area contributed by atoms with Gasteiger partial charge in [0.15, 0.2) is 6.61 Å². The van der Waals surface area contributed by atoms with E-state index in [-0.39, 0.29) is 24.9 Å². The van der Waals surface area contributed by atoms with E-state index in [1.165, 1.54) is 23.2 Å². The predicted octanol–water partition coefficient (Wildman–Crippen LogP) is 1.04. The standard InChI is InChI=1S/C14H17F3N4O3/c15-14(16,17)8-24-12-9(2-1-4-19-12)6-20-13(23)21-5-3-10(7-21)11(18)22/h1-2,4,10H,3,5-8H2,(H2,18,22)(H,20,23)/t10-/m0/s1. The van der Waals surface area contributed by atoms with Gasteiger partial charge in [0, 0.05) is 31.4 Å². The van der Waals surface area contributed by atoms with Crippen LogP contribution >= 0.6 is 0 Å². The summed E-state index contributed by atoms with van der Waals surface area (Å²) in [6.07, 6.45) is -2.68. The minimum absolute atomic E-state index is 0.0440. The number of halogens is 3. The monoisotopic (exact) mass is 346 g/mol. The molecule has 0 spiro atoms. The molecular formula is C14H17F3N4O3. The number of rotatable bonds is 5. The topological polar surface area (TPSA) is 97.6 Å². The molecule has 0 aliphatic carbocycles. The SMILES string of the molecule is NC(=O)[C@H]1CCN(C(=O)NCc2cccnc2OCC(F)(F)F)C1. The summed E-state index contributed by atoms with van der Waals surface area (Å²) < 4.78 is 41.3. The minimum Gasteiger partial charge on any atom is -0.468 e. The van der Waals surface area contributed by atoms with Gasteiger partial charge < -0.3 is 20.7 Å². The number of nitrogens with two attached hydrogens (primary N) is 1. The molecular weight excluding hydrogens is 329 g/mol. The molecule has 1 aromatic rings. The molecule has 0 aromatic carbocycles. The number of likely N-dealkylation sites (tertiary alicyclic amines) is 1. The largest absolute Gasteiger partial charge is 0.468 e. The molecule has 0 bridgehead atoms. The molecule has 1 aliphatic heterocycles. The van der Waals surface area contributed by atoms with E-state index in [0.29, 0.717) is 18.5 Å². The van der Waals surface area contributed by atoms with Gasteiger partial charge in [0.2, 0.25) is 11.8 Å². The van der Waals surface area contributed by atoms with Crippen LogP contribution in [-0.4, -0.2) is 47.7 Å². The van der Waals surface area contributed by atoms with Crippen LogP contribution < -0.4 is 15.8 Å². The lowest BCUT2D eigenvalue weighted by Gasteiger charge is -2.17. The van der Waals surface area contributed by atoms with Gasteiger partial charge in [-0.05, 0) is 12.5 Å². The summed E-state index contributed by atoms with van der Waals surface area (Å²) >= 11 is 0. The van der Waals surface area contributed by atoms with E-state index in [0.717, 1.165) is 0 Å². The second-order valence-corrected chi connectivity index (χ2v) is 5.36. The maximum Gasteiger partial charge on any atom is 0.422 e. The molecule has 1 atom stereocenters. The van der Waals surface area contributed by atoms with Crippen molar-refractivity contribution in [3.05, 3.63) is 23.9 Å². The van der Waals surface area contributed by atoms with Crippen molar-refractivity contribution in [3.8, 4) is 5.88 Å². The van der Waals surface area contributed by atoms with Crippen molar-refractivity contribution in [2.75, 3.05) is 19.7 Å². The summed E-state index contributed by atoms with van der Waals surface area (Å²) in [5, 5.41) is 2.57. The lowest BCUT2D eigenvalue weighted by Crippen LogP contribution is -2.39. The first-order valence-electron chi connectivity index (χ1n) is 7.22. The second-order valence-electron chi connectivity index (χ2n) is 5.36. The Morgan fingerprint density at radius 3 is 2.83 bits per heavy atom. The van der Waals surface area contributed by atoms with Crippen LogP contribution in [0.3, 0.4) is 0 Å². The van der Waals surface area contributed by atoms with Crippen LogP contribution in [0, 0.1) is 5.92 Å². The zero-order valence-corrected chi connectivity index (χ0v) is 12.7. The number of primary amides is 1. The maximum atomic E-state index is 12.2. The van der Waals surface area contributed by atoms with Gasteiger partial charge in [-0.15, -0.1) is 0 Å². The average molecular weight is 346 g/mol. The quantitative estimate of drug-likeness (QED) is 0.832. The van der Waals surface area contributed by atoms with Crippen molar-refractivity contribution in [1.82, 2.24) is 15.2 Å². The van der Waals surface area contributed by atoms with E-state index in [9.17, 15) is 22.8 Å². The molecule has 0 saturated carbocycles. The van der Waals surface area contributed by atoms with Gasteiger partial charge >= 0.3 is 12.2 Å². The van der Waals surface area contributed by atoms with Gasteiger partial charge in [-0.3, -0.25) is 4.79 Å². The molecule has 1 fully saturated rings. The fraction of sp³-hybridized carbons (Fsp3) is 0.500. The summed E-state index contributed by atoms with van der Waals surface area (Å²) in [4.78, 5) is 28.3. The molecule has 0 radical (unpaired) electrons. The molecule has 7 nitrogen and oxygen atoms in total. The number of carbonyl (C=O) groups is 2. The number of amides is 3. The number of hydrogen-bond donors (Lipinski definition) is 2. The number of pyridine rings is 1. The Morgan fingerprint density at radius 1 is 1.46 bits per heavy atom. The minimum atomic E-state index is -4.47. The Labute approximate surface area is 136 Å². The first kappa shape index (κ1) is 17.8. The average Bonchev–Trinajstić information content (AvgIpc) is 3.01. The number of hydrogen-bond acceptors (Lipinski definition) is 4. The molecule has 24 heavy (non-hydrogen) atoms. The Kier molecular flexibility index (Phi) is 5.47. The zero-order valence-electron chi connectivity index (χ0n) is 12.7. The first-order valence-corrected chi connectivity index (χ1v) is 7.22. The van der Waals surface area contributed by atoms with Crippen molar-refractivity contribution in [3.63, 3.8) is 0 Å². The number of nitrogens with one attached hydrogen (secondary N) is 1. The lowest BCUT2D eigenvalue weighted by atomic mass is 10.1. The molecule has 0 unspecified atom stereocenters. The van der Waals surface area contributed by atoms with Crippen molar-refractivity contribution < 1.29 is 27.5 Å². The highest BCUT2D eigenvalue weighted by molar-refractivity contribution is 5.80. The van der Waals surface area contributed by atoms with Crippen molar-refractivity contribution in [2.45, 2.75) is 19.1 Å². The van der Waals surface area contributed by atoms with Crippen molar-refractivity contribution in [2.24, 2.45) is 11.7 Å². The molecule has 2 heterocycles. The van der Waals surface area contributed by atoms with E-state index < -0.39 is 24.7 Å². The lowest BCUT2D eigenvalue weighted by molar-refractivity contribution is -0.154. The highest BCUT2D eigenvalue weighted by atomic mass is 19.4. The normalized spacial score (nSPS) is 17.6. The van der Waals surface area contributed by atoms with Gasteiger partial charge in [-0.25, -0.2) is 9.78 Å². The molecule has 1 aromatic heterocycles. The van der Waals surface area contributed by atoms with E-state index in [1.54, 1.807) is 0 Å². The molecule has 10 heteroatoms. The van der Waals surface area contributed by atoms with Crippen LogP contribution in [0.5, 0.6) is 5.88 Å². The zero-order chi connectivity index (χ0) is 17.7. The number of ether oxygens (including phenoxy) is 1. The molecule has 3 N–H and O–H groups in total. The Bertz CT molecular complexity index is 609. The van der Waals surface area contributed by atoms with Crippen LogP contribution in [0.2, 0.25) is 0 Å². The van der Waals surface area contributed by atoms with Crippen LogP contribution in [0.25, 0.3) is 0 Å². The highest BCUT2D eigenvalue weighted by Gasteiger charge is 2.30. The molecule has 3 amide bonds. The molecule has 1 aliphatic rings. The number of nitrogens with zero attached hydrogens (tertiary/aromatic N) is 2. The van der Waals surface area contributed by atoms with Crippen molar-refractivity contribution in [1.29, 1.82) is 0 Å². The van der Waals surface area contributed by atoms with Gasteiger partial charge in [-0.2, -0.15) is 13.2 Å². The van der Waals surface area contributed by atoms with E-state index in [2.05, 4.69) is 15.0 Å². The van der Waals surface area contributed by atoms with E-state index in [1.807, 2.05) is 0 Å². The molecule has 2 rings (SSSR count). The van der Waals surface area contributed by atoms with Gasteiger partial charge in [-0.1, -0.05) is 6.07 Å². The number of aromatic nitrogens is 1. The van der Waals surface area contributed by atoms with Crippen molar-refractivity contribution >= 4 is 11.9 Å². The van der Waals surface area contributed by atoms with E-state index >= 15 is 0 Å². The van der Waals surface area contributed by atoms with Gasteiger partial charge in [0.25, 0.3) is 0 Å². The third-order valence-electron chi connectivity index (χ3n) is 3.53. The van der Waals surface area contributed by atoms with Crippen LogP contribution in [0.4, 0.5) is 18.0 Å². The van der Waals surface area contributed by atoms with Crippen LogP contribution in [0.15, 0.2) is 18.3 Å². The fourth-order valence-corrected chi connectivity index (χ4v) is 2.30.